The van der Waals surface area contributed by atoms with E-state index in [1.54, 1.807) is 31.7 Å². The minimum absolute atomic E-state index is 0.0654. The minimum atomic E-state index is -1.18. The molecule has 8 heteroatoms. The van der Waals surface area contributed by atoms with Crippen molar-refractivity contribution in [1.29, 1.82) is 0 Å². The maximum Gasteiger partial charge on any atom is 0.412 e. The van der Waals surface area contributed by atoms with Gasteiger partial charge in [0.2, 0.25) is 5.91 Å². The zero-order chi connectivity index (χ0) is 17.9. The molecule has 2 amide bonds. The summed E-state index contributed by atoms with van der Waals surface area (Å²) in [7, 11) is 0. The molecule has 0 aliphatic carbocycles. The molecule has 1 saturated heterocycles. The maximum absolute atomic E-state index is 11.8. The highest BCUT2D eigenvalue weighted by atomic mass is 16.6. The SMILES string of the molecule is CC(C)(C)OC(=O)Nc1ccc(N2CCNC(=O)C2)cc1C(=O)O. The number of benzene rings is 1. The van der Waals surface area contributed by atoms with Crippen molar-refractivity contribution >= 4 is 29.3 Å². The van der Waals surface area contributed by atoms with Crippen LogP contribution in [-0.4, -0.2) is 48.3 Å². The van der Waals surface area contributed by atoms with E-state index >= 15 is 0 Å². The van der Waals surface area contributed by atoms with Crippen LogP contribution in [0.25, 0.3) is 0 Å². The summed E-state index contributed by atoms with van der Waals surface area (Å²) >= 11 is 0. The summed E-state index contributed by atoms with van der Waals surface area (Å²) < 4.78 is 5.13. The molecule has 1 aliphatic heterocycles. The Hall–Kier alpha value is -2.77. The molecule has 24 heavy (non-hydrogen) atoms. The molecule has 1 fully saturated rings. The van der Waals surface area contributed by atoms with E-state index in [2.05, 4.69) is 10.6 Å². The number of ether oxygens (including phenoxy) is 1. The lowest BCUT2D eigenvalue weighted by atomic mass is 10.1. The van der Waals surface area contributed by atoms with E-state index in [-0.39, 0.29) is 23.7 Å². The largest absolute Gasteiger partial charge is 0.478 e. The van der Waals surface area contributed by atoms with Crippen LogP contribution < -0.4 is 15.5 Å². The normalized spacial score (nSPS) is 14.8. The number of carboxylic acid groups (broad SMARTS) is 1. The van der Waals surface area contributed by atoms with E-state index in [1.165, 1.54) is 12.1 Å². The van der Waals surface area contributed by atoms with Gasteiger partial charge in [-0.05, 0) is 39.0 Å². The highest BCUT2D eigenvalue weighted by Crippen LogP contribution is 2.24. The maximum atomic E-state index is 11.8. The number of hydrogen-bond acceptors (Lipinski definition) is 5. The Labute approximate surface area is 139 Å². The summed E-state index contributed by atoms with van der Waals surface area (Å²) in [5, 5.41) is 14.6. The van der Waals surface area contributed by atoms with Gasteiger partial charge in [0.05, 0.1) is 17.8 Å². The number of carboxylic acids is 1. The summed E-state index contributed by atoms with van der Waals surface area (Å²) in [6.45, 7) is 6.40. The predicted octanol–water partition coefficient (Wildman–Crippen LogP) is 1.67. The third kappa shape index (κ3) is 4.61. The monoisotopic (exact) mass is 335 g/mol. The number of rotatable bonds is 3. The van der Waals surface area contributed by atoms with Crippen LogP contribution in [0.5, 0.6) is 0 Å². The number of nitrogens with one attached hydrogen (secondary N) is 2. The third-order valence-electron chi connectivity index (χ3n) is 3.27. The van der Waals surface area contributed by atoms with Gasteiger partial charge in [-0.15, -0.1) is 0 Å². The molecule has 1 aromatic carbocycles. The molecule has 3 N–H and O–H groups in total. The summed E-state index contributed by atoms with van der Waals surface area (Å²) in [5.41, 5.74) is -0.00234. The second-order valence-electron chi connectivity index (χ2n) is 6.43. The molecule has 1 aliphatic rings. The molecular weight excluding hydrogens is 314 g/mol. The number of carbonyl (C=O) groups excluding carboxylic acids is 2. The molecule has 1 heterocycles. The van der Waals surface area contributed by atoms with E-state index in [0.29, 0.717) is 18.8 Å². The van der Waals surface area contributed by atoms with E-state index < -0.39 is 17.7 Å². The molecule has 0 spiro atoms. The molecule has 2 rings (SSSR count). The van der Waals surface area contributed by atoms with Crippen molar-refractivity contribution in [3.05, 3.63) is 23.8 Å². The van der Waals surface area contributed by atoms with Gasteiger partial charge in [-0.25, -0.2) is 9.59 Å². The summed E-state index contributed by atoms with van der Waals surface area (Å²) in [5.74, 6) is -1.29. The summed E-state index contributed by atoms with van der Waals surface area (Å²) in [4.78, 5) is 36.6. The first-order valence-electron chi connectivity index (χ1n) is 7.55. The molecule has 0 aromatic heterocycles. The van der Waals surface area contributed by atoms with Crippen molar-refractivity contribution in [2.45, 2.75) is 26.4 Å². The molecule has 0 atom stereocenters. The number of anilines is 2. The molecule has 8 nitrogen and oxygen atoms in total. The van der Waals surface area contributed by atoms with Crippen LogP contribution in [0.15, 0.2) is 18.2 Å². The van der Waals surface area contributed by atoms with Crippen LogP contribution >= 0.6 is 0 Å². The van der Waals surface area contributed by atoms with Gasteiger partial charge in [0.15, 0.2) is 0 Å². The van der Waals surface area contributed by atoms with Gasteiger partial charge in [0.25, 0.3) is 0 Å². The number of hydrogen-bond donors (Lipinski definition) is 3. The highest BCUT2D eigenvalue weighted by Gasteiger charge is 2.21. The van der Waals surface area contributed by atoms with Crippen LogP contribution in [-0.2, 0) is 9.53 Å². The Balaban J connectivity index is 2.22. The van der Waals surface area contributed by atoms with Crippen LogP contribution in [0.3, 0.4) is 0 Å². The molecule has 0 bridgehead atoms. The molecule has 0 saturated carbocycles. The van der Waals surface area contributed by atoms with Crippen LogP contribution in [0.2, 0.25) is 0 Å². The number of piperazine rings is 1. The quantitative estimate of drug-likeness (QED) is 0.775. The Bertz CT molecular complexity index is 666. The van der Waals surface area contributed by atoms with Gasteiger partial charge in [0, 0.05) is 18.8 Å². The lowest BCUT2D eigenvalue weighted by molar-refractivity contribution is -0.120. The first-order valence-corrected chi connectivity index (χ1v) is 7.55. The summed E-state index contributed by atoms with van der Waals surface area (Å²) in [6.07, 6.45) is -0.727. The lowest BCUT2D eigenvalue weighted by Crippen LogP contribution is -2.47. The van der Waals surface area contributed by atoms with Gasteiger partial charge in [-0.1, -0.05) is 0 Å². The highest BCUT2D eigenvalue weighted by molar-refractivity contribution is 6.00. The number of carbonyl (C=O) groups is 3. The first kappa shape index (κ1) is 17.6. The molecule has 0 unspecified atom stereocenters. The fourth-order valence-corrected chi connectivity index (χ4v) is 2.29. The fraction of sp³-hybridized carbons (Fsp3) is 0.438. The third-order valence-corrected chi connectivity index (χ3v) is 3.27. The zero-order valence-electron chi connectivity index (χ0n) is 13.9. The van der Waals surface area contributed by atoms with Crippen molar-refractivity contribution in [3.8, 4) is 0 Å². The Morgan fingerprint density at radius 2 is 2.04 bits per heavy atom. The standard InChI is InChI=1S/C16H21N3O5/c1-16(2,3)24-15(23)18-12-5-4-10(8-11(12)14(21)22)19-7-6-17-13(20)9-19/h4-5,8H,6-7,9H2,1-3H3,(H,17,20)(H,18,23)(H,21,22). The van der Waals surface area contributed by atoms with Gasteiger partial charge < -0.3 is 20.1 Å². The van der Waals surface area contributed by atoms with Gasteiger partial charge in [0.1, 0.15) is 5.60 Å². The second kappa shape index (κ2) is 6.77. The van der Waals surface area contributed by atoms with E-state index in [0.717, 1.165) is 0 Å². The van der Waals surface area contributed by atoms with Crippen molar-refractivity contribution in [1.82, 2.24) is 5.32 Å². The lowest BCUT2D eigenvalue weighted by Gasteiger charge is -2.29. The topological polar surface area (TPSA) is 108 Å². The smallest absolute Gasteiger partial charge is 0.412 e. The molecular formula is C16H21N3O5. The van der Waals surface area contributed by atoms with Crippen LogP contribution in [0.1, 0.15) is 31.1 Å². The Morgan fingerprint density at radius 1 is 1.33 bits per heavy atom. The molecule has 1 aromatic rings. The van der Waals surface area contributed by atoms with Gasteiger partial charge in [-0.2, -0.15) is 0 Å². The van der Waals surface area contributed by atoms with Crippen molar-refractivity contribution in [3.63, 3.8) is 0 Å². The number of nitrogens with zero attached hydrogens (tertiary/aromatic N) is 1. The Morgan fingerprint density at radius 3 is 2.62 bits per heavy atom. The number of aromatic carboxylic acids is 1. The van der Waals surface area contributed by atoms with Crippen LogP contribution in [0, 0.1) is 0 Å². The van der Waals surface area contributed by atoms with E-state index in [4.69, 9.17) is 4.74 Å². The van der Waals surface area contributed by atoms with Crippen LogP contribution in [0.4, 0.5) is 16.2 Å². The fourth-order valence-electron chi connectivity index (χ4n) is 2.29. The first-order chi connectivity index (χ1) is 11.2. The minimum Gasteiger partial charge on any atom is -0.478 e. The molecule has 130 valence electrons. The van der Waals surface area contributed by atoms with Crippen molar-refractivity contribution < 1.29 is 24.2 Å². The van der Waals surface area contributed by atoms with Gasteiger partial charge in [-0.3, -0.25) is 10.1 Å². The second-order valence-corrected chi connectivity index (χ2v) is 6.43. The summed E-state index contributed by atoms with van der Waals surface area (Å²) in [6, 6.07) is 4.60. The van der Waals surface area contributed by atoms with E-state index in [1.807, 2.05) is 0 Å². The number of amides is 2. The van der Waals surface area contributed by atoms with Crippen molar-refractivity contribution in [2.75, 3.05) is 29.9 Å². The molecule has 0 radical (unpaired) electrons. The van der Waals surface area contributed by atoms with Gasteiger partial charge >= 0.3 is 12.1 Å². The average molecular weight is 335 g/mol. The Kier molecular flexibility index (Phi) is 4.96. The zero-order valence-corrected chi connectivity index (χ0v) is 13.9. The predicted molar refractivity (Wildman–Crippen MR) is 88.5 cm³/mol. The van der Waals surface area contributed by atoms with E-state index in [9.17, 15) is 19.5 Å². The average Bonchev–Trinajstić information content (AvgIpc) is 2.45. The van der Waals surface area contributed by atoms with Crippen molar-refractivity contribution in [2.24, 2.45) is 0 Å².